The van der Waals surface area contributed by atoms with Gasteiger partial charge in [0.15, 0.2) is 0 Å². The third-order valence-corrected chi connectivity index (χ3v) is 5.77. The molecule has 2 fully saturated rings. The molecule has 0 heterocycles. The first-order chi connectivity index (χ1) is 10.0. The van der Waals surface area contributed by atoms with Crippen LogP contribution in [0.5, 0.6) is 0 Å². The lowest BCUT2D eigenvalue weighted by Gasteiger charge is -2.30. The number of nitrogens with one attached hydrogen (secondary N) is 2. The number of hydrogen-bond acceptors (Lipinski definition) is 4. The molecular weight excluding hydrogens is 286 g/mol. The summed E-state index contributed by atoms with van der Waals surface area (Å²) >= 11 is 0. The maximum atomic E-state index is 12.1. The van der Waals surface area contributed by atoms with Gasteiger partial charge >= 0.3 is 0 Å². The van der Waals surface area contributed by atoms with Crippen molar-refractivity contribution in [3.63, 3.8) is 0 Å². The Kier molecular flexibility index (Phi) is 4.19. The molecule has 21 heavy (non-hydrogen) atoms. The molecule has 0 aliphatic heterocycles. The van der Waals surface area contributed by atoms with Crippen molar-refractivity contribution in [3.05, 3.63) is 24.3 Å². The van der Waals surface area contributed by atoms with Crippen LogP contribution in [-0.4, -0.2) is 26.5 Å². The van der Waals surface area contributed by atoms with E-state index in [0.29, 0.717) is 4.90 Å². The third-order valence-electron chi connectivity index (χ3n) is 4.24. The van der Waals surface area contributed by atoms with Gasteiger partial charge < -0.3 is 11.1 Å². The summed E-state index contributed by atoms with van der Waals surface area (Å²) in [6, 6.07) is 7.55. The second kappa shape index (κ2) is 5.94. The molecule has 0 radical (unpaired) electrons. The number of nitrogens with two attached hydrogens (primary N) is 1. The van der Waals surface area contributed by atoms with Crippen LogP contribution in [0.25, 0.3) is 0 Å². The minimum atomic E-state index is -3.36. The van der Waals surface area contributed by atoms with Gasteiger partial charge in [-0.25, -0.2) is 13.1 Å². The Labute approximate surface area is 126 Å². The normalized spacial score (nSPS) is 26.5. The molecule has 5 nitrogen and oxygen atoms in total. The smallest absolute Gasteiger partial charge is 0.240 e. The Morgan fingerprint density at radius 1 is 1.00 bits per heavy atom. The summed E-state index contributed by atoms with van der Waals surface area (Å²) < 4.78 is 26.9. The summed E-state index contributed by atoms with van der Waals surface area (Å²) in [5, 5.41) is 3.42. The zero-order chi connectivity index (χ0) is 14.9. The van der Waals surface area contributed by atoms with Gasteiger partial charge in [0, 0.05) is 23.8 Å². The highest BCUT2D eigenvalue weighted by atomic mass is 32.2. The van der Waals surface area contributed by atoms with Crippen LogP contribution in [0.3, 0.4) is 0 Å². The van der Waals surface area contributed by atoms with Crippen molar-refractivity contribution >= 4 is 15.7 Å². The molecule has 0 aromatic heterocycles. The fourth-order valence-corrected chi connectivity index (χ4v) is 4.08. The average Bonchev–Trinajstić information content (AvgIpc) is 3.25. The maximum Gasteiger partial charge on any atom is 0.240 e. The molecule has 2 saturated carbocycles. The van der Waals surface area contributed by atoms with E-state index in [1.165, 1.54) is 12.8 Å². The summed E-state index contributed by atoms with van der Waals surface area (Å²) in [5.74, 6) is 0. The zero-order valence-electron chi connectivity index (χ0n) is 12.1. The molecule has 2 aliphatic rings. The van der Waals surface area contributed by atoms with Gasteiger partial charge in [-0.15, -0.1) is 0 Å². The summed E-state index contributed by atoms with van der Waals surface area (Å²) in [5.41, 5.74) is 7.05. The summed E-state index contributed by atoms with van der Waals surface area (Å²) in [4.78, 5) is 0.327. The lowest BCUT2D eigenvalue weighted by Crippen LogP contribution is -2.42. The van der Waals surface area contributed by atoms with Crippen molar-refractivity contribution in [2.24, 2.45) is 5.73 Å². The predicted octanol–water partition coefficient (Wildman–Crippen LogP) is 1.81. The SMILES string of the molecule is N[C@@H]1CCCC[C@H]1Nc1ccc(S(=O)(=O)NC2CC2)cc1. The number of rotatable bonds is 5. The summed E-state index contributed by atoms with van der Waals surface area (Å²) in [7, 11) is -3.36. The largest absolute Gasteiger partial charge is 0.381 e. The van der Waals surface area contributed by atoms with Crippen molar-refractivity contribution in [1.29, 1.82) is 0 Å². The molecule has 2 aliphatic carbocycles. The molecule has 3 rings (SSSR count). The van der Waals surface area contributed by atoms with Crippen LogP contribution in [-0.2, 0) is 10.0 Å². The highest BCUT2D eigenvalue weighted by Crippen LogP contribution is 2.24. The maximum absolute atomic E-state index is 12.1. The molecule has 0 saturated heterocycles. The van der Waals surface area contributed by atoms with Crippen LogP contribution in [0, 0.1) is 0 Å². The van der Waals surface area contributed by atoms with Crippen LogP contribution >= 0.6 is 0 Å². The fraction of sp³-hybridized carbons (Fsp3) is 0.600. The lowest BCUT2D eigenvalue weighted by molar-refractivity contribution is 0.404. The van der Waals surface area contributed by atoms with Gasteiger partial charge in [0.05, 0.1) is 4.90 Å². The predicted molar refractivity (Wildman–Crippen MR) is 83.6 cm³/mol. The van der Waals surface area contributed by atoms with E-state index in [0.717, 1.165) is 31.4 Å². The van der Waals surface area contributed by atoms with Crippen molar-refractivity contribution in [2.45, 2.75) is 61.5 Å². The Morgan fingerprint density at radius 3 is 2.29 bits per heavy atom. The number of sulfonamides is 1. The molecule has 2 atom stereocenters. The molecule has 116 valence electrons. The van der Waals surface area contributed by atoms with E-state index in [2.05, 4.69) is 10.0 Å². The minimum absolute atomic E-state index is 0.132. The lowest BCUT2D eigenvalue weighted by atomic mass is 9.91. The van der Waals surface area contributed by atoms with Gasteiger partial charge in [-0.2, -0.15) is 0 Å². The first kappa shape index (κ1) is 14.8. The third kappa shape index (κ3) is 3.75. The first-order valence-corrected chi connectivity index (χ1v) is 9.17. The van der Waals surface area contributed by atoms with E-state index in [1.807, 2.05) is 12.1 Å². The molecule has 4 N–H and O–H groups in total. The number of hydrogen-bond donors (Lipinski definition) is 3. The van der Waals surface area contributed by atoms with E-state index in [-0.39, 0.29) is 18.1 Å². The quantitative estimate of drug-likeness (QED) is 0.774. The Morgan fingerprint density at radius 2 is 1.67 bits per heavy atom. The fourth-order valence-electron chi connectivity index (χ4n) is 2.77. The standard InChI is InChI=1S/C15H23N3O2S/c16-14-3-1-2-4-15(14)17-11-7-9-13(10-8-11)21(19,20)18-12-5-6-12/h7-10,12,14-15,17-18H,1-6,16H2/t14-,15-/m1/s1. The zero-order valence-corrected chi connectivity index (χ0v) is 12.9. The Bertz CT molecular complexity index is 581. The second-order valence-corrected chi connectivity index (χ2v) is 7.83. The second-order valence-electron chi connectivity index (χ2n) is 6.12. The summed E-state index contributed by atoms with van der Waals surface area (Å²) in [6.07, 6.45) is 6.41. The Hall–Kier alpha value is -1.11. The van der Waals surface area contributed by atoms with Crippen LogP contribution in [0.4, 0.5) is 5.69 Å². The monoisotopic (exact) mass is 309 g/mol. The highest BCUT2D eigenvalue weighted by molar-refractivity contribution is 7.89. The molecule has 0 unspecified atom stereocenters. The van der Waals surface area contributed by atoms with Gasteiger partial charge in [0.25, 0.3) is 0 Å². The van der Waals surface area contributed by atoms with E-state index >= 15 is 0 Å². The molecule has 6 heteroatoms. The summed E-state index contributed by atoms with van der Waals surface area (Å²) in [6.45, 7) is 0. The molecule has 0 bridgehead atoms. The van der Waals surface area contributed by atoms with Crippen LogP contribution in [0.2, 0.25) is 0 Å². The van der Waals surface area contributed by atoms with Gasteiger partial charge in [0.1, 0.15) is 0 Å². The van der Waals surface area contributed by atoms with E-state index in [1.54, 1.807) is 12.1 Å². The van der Waals surface area contributed by atoms with Crippen molar-refractivity contribution in [1.82, 2.24) is 4.72 Å². The van der Waals surface area contributed by atoms with Crippen LogP contribution in [0.1, 0.15) is 38.5 Å². The van der Waals surface area contributed by atoms with E-state index in [4.69, 9.17) is 5.73 Å². The van der Waals surface area contributed by atoms with E-state index in [9.17, 15) is 8.42 Å². The molecule has 0 spiro atoms. The van der Waals surface area contributed by atoms with Gasteiger partial charge in [-0.1, -0.05) is 12.8 Å². The van der Waals surface area contributed by atoms with Crippen molar-refractivity contribution in [3.8, 4) is 0 Å². The van der Waals surface area contributed by atoms with Crippen molar-refractivity contribution in [2.75, 3.05) is 5.32 Å². The van der Waals surface area contributed by atoms with Crippen LogP contribution in [0.15, 0.2) is 29.2 Å². The highest BCUT2D eigenvalue weighted by Gasteiger charge is 2.28. The minimum Gasteiger partial charge on any atom is -0.381 e. The van der Waals surface area contributed by atoms with Gasteiger partial charge in [-0.05, 0) is 49.9 Å². The topological polar surface area (TPSA) is 84.2 Å². The van der Waals surface area contributed by atoms with Crippen molar-refractivity contribution < 1.29 is 8.42 Å². The Balaban J connectivity index is 1.66. The van der Waals surface area contributed by atoms with E-state index < -0.39 is 10.0 Å². The molecular formula is C15H23N3O2S. The molecule has 1 aromatic rings. The van der Waals surface area contributed by atoms with Gasteiger partial charge in [0.2, 0.25) is 10.0 Å². The number of anilines is 1. The van der Waals surface area contributed by atoms with Gasteiger partial charge in [-0.3, -0.25) is 0 Å². The average molecular weight is 309 g/mol. The number of benzene rings is 1. The molecule has 1 aromatic carbocycles. The van der Waals surface area contributed by atoms with Crippen LogP contribution < -0.4 is 15.8 Å². The molecule has 0 amide bonds. The first-order valence-electron chi connectivity index (χ1n) is 7.69.